The highest BCUT2D eigenvalue weighted by Gasteiger charge is 2.18. The Kier molecular flexibility index (Phi) is 4.12. The van der Waals surface area contributed by atoms with Gasteiger partial charge in [-0.15, -0.1) is 0 Å². The van der Waals surface area contributed by atoms with Gasteiger partial charge in [0.05, 0.1) is 5.92 Å². The third kappa shape index (κ3) is 3.29. The Hall–Kier alpha value is -1.94. The molecule has 19 heavy (non-hydrogen) atoms. The minimum absolute atomic E-state index is 0.574. The fourth-order valence-corrected chi connectivity index (χ4v) is 2.78. The number of benzene rings is 2. The minimum Gasteiger partial charge on any atom is -0.481 e. The van der Waals surface area contributed by atoms with E-state index in [1.54, 1.807) is 30.8 Å². The van der Waals surface area contributed by atoms with Crippen LogP contribution in [0.2, 0.25) is 0 Å². The summed E-state index contributed by atoms with van der Waals surface area (Å²) in [6, 6.07) is 15.3. The van der Waals surface area contributed by atoms with Crippen molar-refractivity contribution in [2.24, 2.45) is 0 Å². The van der Waals surface area contributed by atoms with E-state index < -0.39 is 11.9 Å². The van der Waals surface area contributed by atoms with Crippen LogP contribution in [0.4, 0.5) is 5.69 Å². The molecule has 2 aromatic carbocycles. The van der Waals surface area contributed by atoms with Crippen LogP contribution in [0.1, 0.15) is 18.4 Å². The van der Waals surface area contributed by atoms with Crippen molar-refractivity contribution in [2.45, 2.75) is 22.6 Å². The Morgan fingerprint density at radius 2 is 1.89 bits per heavy atom. The lowest BCUT2D eigenvalue weighted by Crippen LogP contribution is -2.09. The van der Waals surface area contributed by atoms with Gasteiger partial charge in [-0.3, -0.25) is 4.79 Å². The maximum Gasteiger partial charge on any atom is 0.310 e. The number of carboxylic acid groups (broad SMARTS) is 1. The van der Waals surface area contributed by atoms with Crippen LogP contribution in [0.5, 0.6) is 0 Å². The van der Waals surface area contributed by atoms with E-state index in [1.165, 1.54) is 0 Å². The third-order valence-electron chi connectivity index (χ3n) is 2.84. The van der Waals surface area contributed by atoms with Crippen LogP contribution < -0.4 is 5.73 Å². The maximum atomic E-state index is 11.2. The first-order chi connectivity index (χ1) is 9.08. The van der Waals surface area contributed by atoms with Crippen molar-refractivity contribution in [1.29, 1.82) is 0 Å². The predicted molar refractivity (Wildman–Crippen MR) is 77.5 cm³/mol. The molecule has 0 fully saturated rings. The molecule has 0 amide bonds. The summed E-state index contributed by atoms with van der Waals surface area (Å²) in [5.74, 6) is -1.42. The second-order valence-corrected chi connectivity index (χ2v) is 5.39. The molecule has 3 N–H and O–H groups in total. The van der Waals surface area contributed by atoms with E-state index in [1.807, 2.05) is 36.4 Å². The zero-order valence-electron chi connectivity index (χ0n) is 10.5. The highest BCUT2D eigenvalue weighted by atomic mass is 32.2. The van der Waals surface area contributed by atoms with E-state index in [0.717, 1.165) is 15.4 Å². The van der Waals surface area contributed by atoms with Gasteiger partial charge in [-0.2, -0.15) is 0 Å². The first kappa shape index (κ1) is 13.5. The van der Waals surface area contributed by atoms with Crippen molar-refractivity contribution >= 4 is 23.4 Å². The standard InChI is InChI=1S/C15H15NO2S/c1-10(15(17)18)13-9-11(16)7-8-14(13)19-12-5-3-2-4-6-12/h2-10H,16H2,1H3,(H,17,18). The van der Waals surface area contributed by atoms with Gasteiger partial charge in [-0.05, 0) is 42.8 Å². The first-order valence-electron chi connectivity index (χ1n) is 5.93. The second-order valence-electron chi connectivity index (χ2n) is 4.27. The van der Waals surface area contributed by atoms with Crippen LogP contribution >= 0.6 is 11.8 Å². The number of aliphatic carboxylic acids is 1. The monoisotopic (exact) mass is 273 g/mol. The smallest absolute Gasteiger partial charge is 0.310 e. The van der Waals surface area contributed by atoms with Gasteiger partial charge >= 0.3 is 5.97 Å². The second kappa shape index (κ2) is 5.80. The van der Waals surface area contributed by atoms with E-state index in [4.69, 9.17) is 10.8 Å². The number of nitrogen functional groups attached to an aromatic ring is 1. The molecule has 2 aromatic rings. The zero-order chi connectivity index (χ0) is 13.8. The SMILES string of the molecule is CC(C(=O)O)c1cc(N)ccc1Sc1ccccc1. The van der Waals surface area contributed by atoms with Crippen LogP contribution in [0.25, 0.3) is 0 Å². The number of hydrogen-bond donors (Lipinski definition) is 2. The van der Waals surface area contributed by atoms with Gasteiger partial charge < -0.3 is 10.8 Å². The molecule has 0 aliphatic carbocycles. The highest BCUT2D eigenvalue weighted by molar-refractivity contribution is 7.99. The molecule has 0 aliphatic rings. The van der Waals surface area contributed by atoms with Crippen LogP contribution in [-0.2, 0) is 4.79 Å². The summed E-state index contributed by atoms with van der Waals surface area (Å²) in [4.78, 5) is 13.2. The van der Waals surface area contributed by atoms with Gasteiger partial charge in [0.15, 0.2) is 0 Å². The summed E-state index contributed by atoms with van der Waals surface area (Å²) < 4.78 is 0. The molecule has 0 radical (unpaired) electrons. The van der Waals surface area contributed by atoms with Crippen molar-refractivity contribution in [3.8, 4) is 0 Å². The van der Waals surface area contributed by atoms with Crippen molar-refractivity contribution in [3.05, 3.63) is 54.1 Å². The van der Waals surface area contributed by atoms with E-state index in [2.05, 4.69) is 0 Å². The number of carboxylic acids is 1. The molecule has 0 heterocycles. The summed E-state index contributed by atoms with van der Waals surface area (Å²) >= 11 is 1.55. The number of nitrogens with two attached hydrogens (primary N) is 1. The third-order valence-corrected chi connectivity index (χ3v) is 3.94. The van der Waals surface area contributed by atoms with Gasteiger partial charge in [0.25, 0.3) is 0 Å². The lowest BCUT2D eigenvalue weighted by molar-refractivity contribution is -0.138. The fourth-order valence-electron chi connectivity index (χ4n) is 1.75. The summed E-state index contributed by atoms with van der Waals surface area (Å²) in [6.07, 6.45) is 0. The van der Waals surface area contributed by atoms with E-state index >= 15 is 0 Å². The molecule has 0 saturated heterocycles. The summed E-state index contributed by atoms with van der Waals surface area (Å²) in [5, 5.41) is 9.17. The first-order valence-corrected chi connectivity index (χ1v) is 6.74. The molecule has 0 spiro atoms. The molecule has 3 nitrogen and oxygen atoms in total. The Morgan fingerprint density at radius 3 is 2.53 bits per heavy atom. The Balaban J connectivity index is 2.37. The van der Waals surface area contributed by atoms with Crippen molar-refractivity contribution in [2.75, 3.05) is 5.73 Å². The number of hydrogen-bond acceptors (Lipinski definition) is 3. The van der Waals surface area contributed by atoms with Gasteiger partial charge in [0, 0.05) is 15.5 Å². The van der Waals surface area contributed by atoms with Crippen LogP contribution in [0.15, 0.2) is 58.3 Å². The van der Waals surface area contributed by atoms with Crippen molar-refractivity contribution in [1.82, 2.24) is 0 Å². The van der Waals surface area contributed by atoms with Gasteiger partial charge in [-0.1, -0.05) is 30.0 Å². The zero-order valence-corrected chi connectivity index (χ0v) is 11.4. The number of rotatable bonds is 4. The molecule has 1 unspecified atom stereocenters. The normalized spacial score (nSPS) is 12.1. The Labute approximate surface area is 116 Å². The molecular formula is C15H15NO2S. The van der Waals surface area contributed by atoms with Gasteiger partial charge in [0.1, 0.15) is 0 Å². The largest absolute Gasteiger partial charge is 0.481 e. The molecule has 98 valence electrons. The van der Waals surface area contributed by atoms with Crippen molar-refractivity contribution < 1.29 is 9.90 Å². The molecular weight excluding hydrogens is 258 g/mol. The number of anilines is 1. The van der Waals surface area contributed by atoms with Crippen LogP contribution in [0, 0.1) is 0 Å². The van der Waals surface area contributed by atoms with Gasteiger partial charge in [-0.25, -0.2) is 0 Å². The van der Waals surface area contributed by atoms with E-state index in [9.17, 15) is 4.79 Å². The average Bonchev–Trinajstić information content (AvgIpc) is 2.41. The molecule has 0 saturated carbocycles. The van der Waals surface area contributed by atoms with Crippen LogP contribution in [0.3, 0.4) is 0 Å². The quantitative estimate of drug-likeness (QED) is 0.835. The summed E-state index contributed by atoms with van der Waals surface area (Å²) in [7, 11) is 0. The van der Waals surface area contributed by atoms with E-state index in [-0.39, 0.29) is 0 Å². The highest BCUT2D eigenvalue weighted by Crippen LogP contribution is 2.35. The molecule has 0 aromatic heterocycles. The molecule has 2 rings (SSSR count). The molecule has 0 aliphatic heterocycles. The van der Waals surface area contributed by atoms with Crippen molar-refractivity contribution in [3.63, 3.8) is 0 Å². The average molecular weight is 273 g/mol. The van der Waals surface area contributed by atoms with Crippen LogP contribution in [-0.4, -0.2) is 11.1 Å². The molecule has 1 atom stereocenters. The minimum atomic E-state index is -0.847. The Morgan fingerprint density at radius 1 is 1.21 bits per heavy atom. The Bertz CT molecular complexity index is 584. The maximum absolute atomic E-state index is 11.2. The number of carbonyl (C=O) groups is 1. The lowest BCUT2D eigenvalue weighted by atomic mass is 10.0. The topological polar surface area (TPSA) is 63.3 Å². The summed E-state index contributed by atoms with van der Waals surface area (Å²) in [6.45, 7) is 1.67. The predicted octanol–water partition coefficient (Wildman–Crippen LogP) is 3.61. The van der Waals surface area contributed by atoms with Gasteiger partial charge in [0.2, 0.25) is 0 Å². The van der Waals surface area contributed by atoms with E-state index in [0.29, 0.717) is 5.69 Å². The fraction of sp³-hybridized carbons (Fsp3) is 0.133. The molecule has 0 bridgehead atoms. The molecule has 4 heteroatoms. The summed E-state index contributed by atoms with van der Waals surface area (Å²) in [5.41, 5.74) is 7.09. The lowest BCUT2D eigenvalue weighted by Gasteiger charge is -2.13.